The van der Waals surface area contributed by atoms with Crippen LogP contribution >= 0.6 is 0 Å². The summed E-state index contributed by atoms with van der Waals surface area (Å²) in [4.78, 5) is 14.8. The first-order valence-electron chi connectivity index (χ1n) is 5.51. The van der Waals surface area contributed by atoms with Crippen LogP contribution in [0.1, 0.15) is 42.6 Å². The molecule has 4 nitrogen and oxygen atoms in total. The third-order valence-corrected chi connectivity index (χ3v) is 3.11. The van der Waals surface area contributed by atoms with E-state index in [4.69, 9.17) is 5.11 Å². The molecule has 0 aromatic carbocycles. The maximum Gasteiger partial charge on any atom is 0.354 e. The van der Waals surface area contributed by atoms with Crippen molar-refractivity contribution in [3.8, 4) is 0 Å². The number of aromatic carboxylic acids is 1. The molecule has 1 aliphatic carbocycles. The van der Waals surface area contributed by atoms with Crippen LogP contribution in [0.15, 0.2) is 12.5 Å². The predicted octanol–water partition coefficient (Wildman–Crippen LogP) is 2.16. The maximum absolute atomic E-state index is 10.9. The van der Waals surface area contributed by atoms with Crippen LogP contribution in [0.2, 0.25) is 0 Å². The predicted molar refractivity (Wildman–Crippen MR) is 55.8 cm³/mol. The Morgan fingerprint density at radius 3 is 2.87 bits per heavy atom. The standard InChI is InChI=1S/C11H16N2O2/c14-11(15)10-6-12-8-13(10)7-9-4-2-1-3-5-9/h6,8-9H,1-5,7H2,(H,14,15). The average Bonchev–Trinajstić information content (AvgIpc) is 2.67. The lowest BCUT2D eigenvalue weighted by Gasteiger charge is -2.22. The van der Waals surface area contributed by atoms with E-state index >= 15 is 0 Å². The van der Waals surface area contributed by atoms with Gasteiger partial charge in [0, 0.05) is 6.54 Å². The van der Waals surface area contributed by atoms with Gasteiger partial charge in [-0.05, 0) is 18.8 Å². The Hall–Kier alpha value is -1.32. The number of carboxylic acid groups (broad SMARTS) is 1. The Bertz CT molecular complexity index is 340. The Balaban J connectivity index is 2.03. The normalized spacial score (nSPS) is 17.9. The van der Waals surface area contributed by atoms with Crippen molar-refractivity contribution in [3.05, 3.63) is 18.2 Å². The van der Waals surface area contributed by atoms with E-state index in [0.29, 0.717) is 11.6 Å². The zero-order valence-corrected chi connectivity index (χ0v) is 8.72. The van der Waals surface area contributed by atoms with Crippen LogP contribution in [0.25, 0.3) is 0 Å². The Kier molecular flexibility index (Phi) is 3.04. The summed E-state index contributed by atoms with van der Waals surface area (Å²) in [7, 11) is 0. The second kappa shape index (κ2) is 4.47. The molecule has 0 aliphatic heterocycles. The van der Waals surface area contributed by atoms with Gasteiger partial charge >= 0.3 is 5.97 Å². The minimum atomic E-state index is -0.886. The number of imidazole rings is 1. The van der Waals surface area contributed by atoms with E-state index in [9.17, 15) is 4.79 Å². The number of hydrogen-bond acceptors (Lipinski definition) is 2. The van der Waals surface area contributed by atoms with Gasteiger partial charge in [0.25, 0.3) is 0 Å². The van der Waals surface area contributed by atoms with Crippen molar-refractivity contribution in [2.75, 3.05) is 0 Å². The largest absolute Gasteiger partial charge is 0.477 e. The molecule has 0 amide bonds. The van der Waals surface area contributed by atoms with Crippen LogP contribution in [0.3, 0.4) is 0 Å². The van der Waals surface area contributed by atoms with E-state index in [0.717, 1.165) is 6.54 Å². The highest BCUT2D eigenvalue weighted by Gasteiger charge is 2.17. The second-order valence-electron chi connectivity index (χ2n) is 4.24. The summed E-state index contributed by atoms with van der Waals surface area (Å²) in [5.74, 6) is -0.255. The van der Waals surface area contributed by atoms with Gasteiger partial charge < -0.3 is 9.67 Å². The fraction of sp³-hybridized carbons (Fsp3) is 0.636. The fourth-order valence-corrected chi connectivity index (χ4v) is 2.29. The first-order chi connectivity index (χ1) is 7.27. The van der Waals surface area contributed by atoms with E-state index in [1.807, 2.05) is 0 Å². The van der Waals surface area contributed by atoms with Gasteiger partial charge in [0.2, 0.25) is 0 Å². The van der Waals surface area contributed by atoms with E-state index in [1.54, 1.807) is 10.9 Å². The van der Waals surface area contributed by atoms with E-state index in [-0.39, 0.29) is 0 Å². The molecule has 2 rings (SSSR count). The van der Waals surface area contributed by atoms with Crippen LogP contribution < -0.4 is 0 Å². The summed E-state index contributed by atoms with van der Waals surface area (Å²) in [6.45, 7) is 0.807. The van der Waals surface area contributed by atoms with Crippen molar-refractivity contribution in [2.45, 2.75) is 38.6 Å². The Labute approximate surface area is 88.9 Å². The van der Waals surface area contributed by atoms with E-state index in [1.165, 1.54) is 38.3 Å². The van der Waals surface area contributed by atoms with Crippen LogP contribution in [-0.4, -0.2) is 20.6 Å². The molecule has 0 bridgehead atoms. The van der Waals surface area contributed by atoms with Crippen LogP contribution in [-0.2, 0) is 6.54 Å². The highest BCUT2D eigenvalue weighted by molar-refractivity contribution is 5.85. The number of rotatable bonds is 3. The Morgan fingerprint density at radius 2 is 2.20 bits per heavy atom. The molecule has 1 aromatic rings. The molecule has 0 unspecified atom stereocenters. The molecule has 15 heavy (non-hydrogen) atoms. The lowest BCUT2D eigenvalue weighted by atomic mass is 9.89. The zero-order chi connectivity index (χ0) is 10.7. The summed E-state index contributed by atoms with van der Waals surface area (Å²) in [6, 6.07) is 0. The number of aromatic nitrogens is 2. The monoisotopic (exact) mass is 208 g/mol. The fourth-order valence-electron chi connectivity index (χ4n) is 2.29. The second-order valence-corrected chi connectivity index (χ2v) is 4.24. The van der Waals surface area contributed by atoms with Crippen molar-refractivity contribution in [1.82, 2.24) is 9.55 Å². The molecule has 1 aliphatic rings. The molecular weight excluding hydrogens is 192 g/mol. The smallest absolute Gasteiger partial charge is 0.354 e. The lowest BCUT2D eigenvalue weighted by Crippen LogP contribution is -2.16. The highest BCUT2D eigenvalue weighted by atomic mass is 16.4. The van der Waals surface area contributed by atoms with Gasteiger partial charge in [-0.15, -0.1) is 0 Å². The number of carboxylic acids is 1. The van der Waals surface area contributed by atoms with Crippen molar-refractivity contribution >= 4 is 5.97 Å². The van der Waals surface area contributed by atoms with Gasteiger partial charge in [0.15, 0.2) is 0 Å². The van der Waals surface area contributed by atoms with Gasteiger partial charge in [-0.3, -0.25) is 0 Å². The molecule has 1 fully saturated rings. The van der Waals surface area contributed by atoms with Gasteiger partial charge in [-0.1, -0.05) is 19.3 Å². The van der Waals surface area contributed by atoms with Crippen molar-refractivity contribution in [1.29, 1.82) is 0 Å². The molecule has 1 aromatic heterocycles. The molecule has 4 heteroatoms. The SMILES string of the molecule is O=C(O)c1cncn1CC1CCCCC1. The summed E-state index contributed by atoms with van der Waals surface area (Å²) < 4.78 is 1.76. The third-order valence-electron chi connectivity index (χ3n) is 3.11. The van der Waals surface area contributed by atoms with Crippen molar-refractivity contribution in [2.24, 2.45) is 5.92 Å². The maximum atomic E-state index is 10.9. The van der Waals surface area contributed by atoms with Crippen LogP contribution in [0.5, 0.6) is 0 Å². The van der Waals surface area contributed by atoms with E-state index < -0.39 is 5.97 Å². The lowest BCUT2D eigenvalue weighted by molar-refractivity contribution is 0.0683. The third kappa shape index (κ3) is 2.37. The molecule has 0 spiro atoms. The van der Waals surface area contributed by atoms with Gasteiger partial charge in [0.05, 0.1) is 12.5 Å². The van der Waals surface area contributed by atoms with Crippen molar-refractivity contribution < 1.29 is 9.90 Å². The molecular formula is C11H16N2O2. The molecule has 1 saturated carbocycles. The van der Waals surface area contributed by atoms with Crippen molar-refractivity contribution in [3.63, 3.8) is 0 Å². The average molecular weight is 208 g/mol. The number of nitrogens with zero attached hydrogens (tertiary/aromatic N) is 2. The summed E-state index contributed by atoms with van der Waals surface area (Å²) in [5, 5.41) is 8.92. The van der Waals surface area contributed by atoms with Crippen LogP contribution in [0.4, 0.5) is 0 Å². The van der Waals surface area contributed by atoms with Gasteiger partial charge in [-0.25, -0.2) is 9.78 Å². The first kappa shape index (κ1) is 10.2. The summed E-state index contributed by atoms with van der Waals surface area (Å²) in [6.07, 6.45) is 9.37. The summed E-state index contributed by atoms with van der Waals surface area (Å²) >= 11 is 0. The number of carbonyl (C=O) groups is 1. The molecule has 0 radical (unpaired) electrons. The molecule has 0 atom stereocenters. The number of hydrogen-bond donors (Lipinski definition) is 1. The minimum absolute atomic E-state index is 0.306. The Morgan fingerprint density at radius 1 is 1.47 bits per heavy atom. The topological polar surface area (TPSA) is 55.1 Å². The molecule has 1 heterocycles. The van der Waals surface area contributed by atoms with Gasteiger partial charge in [0.1, 0.15) is 5.69 Å². The van der Waals surface area contributed by atoms with Crippen LogP contribution in [0, 0.1) is 5.92 Å². The first-order valence-corrected chi connectivity index (χ1v) is 5.51. The zero-order valence-electron chi connectivity index (χ0n) is 8.72. The molecule has 1 N–H and O–H groups in total. The quantitative estimate of drug-likeness (QED) is 0.828. The molecule has 82 valence electrons. The minimum Gasteiger partial charge on any atom is -0.477 e. The summed E-state index contributed by atoms with van der Waals surface area (Å²) in [5.41, 5.74) is 0.306. The van der Waals surface area contributed by atoms with Gasteiger partial charge in [-0.2, -0.15) is 0 Å². The van der Waals surface area contributed by atoms with E-state index in [2.05, 4.69) is 4.98 Å². The molecule has 0 saturated heterocycles. The highest BCUT2D eigenvalue weighted by Crippen LogP contribution is 2.25.